The number of halogens is 1. The van der Waals surface area contributed by atoms with Crippen LogP contribution in [0, 0.1) is 13.8 Å². The number of amides is 2. The van der Waals surface area contributed by atoms with Crippen molar-refractivity contribution in [3.63, 3.8) is 0 Å². The van der Waals surface area contributed by atoms with Crippen LogP contribution in [0.4, 0.5) is 5.82 Å². The molecule has 0 radical (unpaired) electrons. The maximum Gasteiger partial charge on any atom is 0.272 e. The zero-order chi connectivity index (χ0) is 24.9. The highest BCUT2D eigenvalue weighted by Crippen LogP contribution is 2.28. The van der Waals surface area contributed by atoms with Gasteiger partial charge in [-0.3, -0.25) is 14.5 Å². The monoisotopic (exact) mass is 492 g/mol. The third-order valence-electron chi connectivity index (χ3n) is 6.74. The van der Waals surface area contributed by atoms with Crippen molar-refractivity contribution in [2.75, 3.05) is 11.4 Å². The molecule has 2 amide bonds. The van der Waals surface area contributed by atoms with Gasteiger partial charge in [-0.25, -0.2) is 4.98 Å². The van der Waals surface area contributed by atoms with Crippen LogP contribution in [-0.2, 0) is 19.5 Å². The fraction of sp³-hybridized carbons (Fsp3) is 0.393. The number of aryl methyl sites for hydroxylation is 2. The third kappa shape index (κ3) is 5.43. The van der Waals surface area contributed by atoms with E-state index in [0.29, 0.717) is 35.2 Å². The van der Waals surface area contributed by atoms with Gasteiger partial charge < -0.3 is 9.88 Å². The first-order chi connectivity index (χ1) is 16.9. The first-order valence-electron chi connectivity index (χ1n) is 12.4. The number of anilines is 1. The van der Waals surface area contributed by atoms with Crippen molar-refractivity contribution >= 4 is 29.2 Å². The van der Waals surface area contributed by atoms with Crippen LogP contribution >= 0.6 is 11.6 Å². The molecule has 7 heteroatoms. The van der Waals surface area contributed by atoms with Gasteiger partial charge in [0.25, 0.3) is 11.8 Å². The van der Waals surface area contributed by atoms with Crippen molar-refractivity contribution in [2.24, 2.45) is 0 Å². The van der Waals surface area contributed by atoms with E-state index in [-0.39, 0.29) is 11.8 Å². The number of carbonyl (C=O) groups excluding carboxylic acids is 2. The van der Waals surface area contributed by atoms with Crippen molar-refractivity contribution in [3.05, 3.63) is 81.3 Å². The molecule has 1 aliphatic rings. The van der Waals surface area contributed by atoms with Crippen molar-refractivity contribution in [1.29, 1.82) is 0 Å². The summed E-state index contributed by atoms with van der Waals surface area (Å²) in [6, 6.07) is 13.0. The third-order valence-corrected chi connectivity index (χ3v) is 6.97. The van der Waals surface area contributed by atoms with Gasteiger partial charge >= 0.3 is 0 Å². The molecule has 0 fully saturated rings. The first kappa shape index (κ1) is 25.0. The Morgan fingerprint density at radius 1 is 1.14 bits per heavy atom. The number of aromatic nitrogens is 2. The van der Waals surface area contributed by atoms with Crippen LogP contribution in [0.15, 0.2) is 42.5 Å². The van der Waals surface area contributed by atoms with E-state index in [2.05, 4.69) is 32.2 Å². The Morgan fingerprint density at radius 2 is 1.94 bits per heavy atom. The molecular formula is C28H33ClN4O2. The molecule has 2 aromatic carbocycles. The highest BCUT2D eigenvalue weighted by molar-refractivity contribution is 6.31. The number of fused-ring (bicyclic) bond motifs is 1. The fourth-order valence-electron chi connectivity index (χ4n) is 4.54. The maximum absolute atomic E-state index is 13.6. The minimum absolute atomic E-state index is 0.194. The maximum atomic E-state index is 13.6. The van der Waals surface area contributed by atoms with Crippen LogP contribution in [0.2, 0.25) is 5.02 Å². The van der Waals surface area contributed by atoms with Gasteiger partial charge in [0.2, 0.25) is 0 Å². The molecule has 3 aromatic rings. The van der Waals surface area contributed by atoms with E-state index in [9.17, 15) is 9.59 Å². The average molecular weight is 493 g/mol. The van der Waals surface area contributed by atoms with E-state index < -0.39 is 0 Å². The van der Waals surface area contributed by atoms with E-state index in [1.807, 2.05) is 16.7 Å². The number of carbonyl (C=O) groups is 2. The summed E-state index contributed by atoms with van der Waals surface area (Å²) in [7, 11) is 0. The van der Waals surface area contributed by atoms with Gasteiger partial charge in [-0.05, 0) is 68.0 Å². The molecule has 184 valence electrons. The summed E-state index contributed by atoms with van der Waals surface area (Å²) in [6.07, 6.45) is 4.53. The molecule has 0 spiro atoms. The summed E-state index contributed by atoms with van der Waals surface area (Å²) in [5.74, 6) is 0.907. The molecular weight excluding hydrogens is 460 g/mol. The quantitative estimate of drug-likeness (QED) is 0.427. The van der Waals surface area contributed by atoms with Gasteiger partial charge in [0.1, 0.15) is 5.82 Å². The topological polar surface area (TPSA) is 67.2 Å². The lowest BCUT2D eigenvalue weighted by atomic mass is 10.0. The molecule has 1 N–H and O–H groups in total. The van der Waals surface area contributed by atoms with E-state index in [1.165, 1.54) is 11.1 Å². The second kappa shape index (κ2) is 11.1. The van der Waals surface area contributed by atoms with Crippen LogP contribution in [-0.4, -0.2) is 27.9 Å². The van der Waals surface area contributed by atoms with Crippen LogP contribution < -0.4 is 10.2 Å². The van der Waals surface area contributed by atoms with Gasteiger partial charge in [0, 0.05) is 36.6 Å². The number of nitrogens with zero attached hydrogens (tertiary/aromatic N) is 3. The average Bonchev–Trinajstić information content (AvgIpc) is 3.24. The molecule has 0 bridgehead atoms. The molecule has 6 nitrogen and oxygen atoms in total. The van der Waals surface area contributed by atoms with Gasteiger partial charge in [-0.2, -0.15) is 0 Å². The second-order valence-corrected chi connectivity index (χ2v) is 9.61. The summed E-state index contributed by atoms with van der Waals surface area (Å²) in [4.78, 5) is 33.8. The smallest absolute Gasteiger partial charge is 0.272 e. The normalized spacial score (nSPS) is 12.8. The Labute approximate surface area is 212 Å². The van der Waals surface area contributed by atoms with Gasteiger partial charge in [-0.15, -0.1) is 0 Å². The van der Waals surface area contributed by atoms with Crippen molar-refractivity contribution in [2.45, 2.75) is 66.0 Å². The second-order valence-electron chi connectivity index (χ2n) is 9.17. The Hall–Kier alpha value is -3.12. The largest absolute Gasteiger partial charge is 0.347 e. The number of rotatable bonds is 8. The molecule has 0 saturated heterocycles. The summed E-state index contributed by atoms with van der Waals surface area (Å²) in [6.45, 7) is 7.84. The molecule has 35 heavy (non-hydrogen) atoms. The number of hydrogen-bond acceptors (Lipinski definition) is 3. The number of nitrogens with one attached hydrogen (secondary N) is 1. The molecule has 1 aromatic heterocycles. The Balaban J connectivity index is 1.71. The highest BCUT2D eigenvalue weighted by Gasteiger charge is 2.31. The molecule has 2 heterocycles. The minimum atomic E-state index is -0.207. The Kier molecular flexibility index (Phi) is 7.91. The number of imidazole rings is 1. The predicted molar refractivity (Wildman–Crippen MR) is 140 cm³/mol. The number of hydrogen-bond donors (Lipinski definition) is 1. The van der Waals surface area contributed by atoms with Crippen molar-refractivity contribution in [1.82, 2.24) is 14.9 Å². The van der Waals surface area contributed by atoms with Crippen LogP contribution in [0.5, 0.6) is 0 Å². The summed E-state index contributed by atoms with van der Waals surface area (Å²) < 4.78 is 2.00. The van der Waals surface area contributed by atoms with Crippen LogP contribution in [0.1, 0.15) is 76.0 Å². The van der Waals surface area contributed by atoms with Crippen LogP contribution in [0.3, 0.4) is 0 Å². The van der Waals surface area contributed by atoms with Gasteiger partial charge in [0.05, 0.1) is 0 Å². The van der Waals surface area contributed by atoms with E-state index in [0.717, 1.165) is 50.0 Å². The zero-order valence-electron chi connectivity index (χ0n) is 20.7. The summed E-state index contributed by atoms with van der Waals surface area (Å²) >= 11 is 6.18. The number of benzene rings is 2. The Morgan fingerprint density at radius 3 is 2.71 bits per heavy atom. The van der Waals surface area contributed by atoms with E-state index in [4.69, 9.17) is 16.6 Å². The number of unbranched alkanes of at least 4 members (excludes halogenated alkanes) is 1. The lowest BCUT2D eigenvalue weighted by Gasteiger charge is -2.23. The van der Waals surface area contributed by atoms with E-state index in [1.54, 1.807) is 29.2 Å². The summed E-state index contributed by atoms with van der Waals surface area (Å²) in [5.41, 5.74) is 4.40. The highest BCUT2D eigenvalue weighted by atomic mass is 35.5. The molecule has 0 aliphatic carbocycles. The van der Waals surface area contributed by atoms with Crippen molar-refractivity contribution < 1.29 is 9.59 Å². The lowest BCUT2D eigenvalue weighted by Crippen LogP contribution is -2.35. The predicted octanol–water partition coefficient (Wildman–Crippen LogP) is 5.87. The lowest BCUT2D eigenvalue weighted by molar-refractivity contribution is 0.0940. The molecule has 4 rings (SSSR count). The molecule has 0 unspecified atom stereocenters. The first-order valence-corrected chi connectivity index (χ1v) is 12.8. The minimum Gasteiger partial charge on any atom is -0.347 e. The molecule has 0 saturated carbocycles. The Bertz CT molecular complexity index is 1230. The van der Waals surface area contributed by atoms with Crippen molar-refractivity contribution in [3.8, 4) is 0 Å². The molecule has 1 aliphatic heterocycles. The SMILES string of the molecule is CCCCN(C(=O)c1cccc(Cl)c1)c1nc2n(c1C(=O)NCc1cccc(C)c1C)CCCC2. The zero-order valence-corrected chi connectivity index (χ0v) is 21.5. The summed E-state index contributed by atoms with van der Waals surface area (Å²) in [5, 5.41) is 3.60. The van der Waals surface area contributed by atoms with E-state index >= 15 is 0 Å². The van der Waals surface area contributed by atoms with Gasteiger partial charge in [0.15, 0.2) is 11.5 Å². The van der Waals surface area contributed by atoms with Crippen LogP contribution in [0.25, 0.3) is 0 Å². The fourth-order valence-corrected chi connectivity index (χ4v) is 4.73. The van der Waals surface area contributed by atoms with Gasteiger partial charge in [-0.1, -0.05) is 49.2 Å². The molecule has 0 atom stereocenters. The standard InChI is InChI=1S/C28H33ClN4O2/c1-4-5-15-33(28(35)21-11-9-13-23(29)17-21)26-25(32-16-7-6-14-24(32)31-26)27(34)30-18-22-12-8-10-19(2)20(22)3/h8-13,17H,4-7,14-16,18H2,1-3H3,(H,30,34).